The molecule has 3 aromatic rings. The Balaban J connectivity index is 1.77. The molecule has 138 valence electrons. The molecule has 3 rings (SSSR count). The first-order valence-electron chi connectivity index (χ1n) is 8.28. The van der Waals surface area contributed by atoms with Crippen LogP contribution in [0.25, 0.3) is 0 Å². The maximum absolute atomic E-state index is 12.3. The number of hydrogen-bond acceptors (Lipinski definition) is 4. The number of pyridine rings is 1. The van der Waals surface area contributed by atoms with Crippen LogP contribution in [0.2, 0.25) is 5.15 Å². The molecule has 0 atom stereocenters. The van der Waals surface area contributed by atoms with Crippen molar-refractivity contribution in [3.8, 4) is 11.8 Å². The van der Waals surface area contributed by atoms with E-state index in [9.17, 15) is 9.59 Å². The second kappa shape index (κ2) is 8.85. The van der Waals surface area contributed by atoms with E-state index in [0.29, 0.717) is 27.9 Å². The Morgan fingerprint density at radius 3 is 2.39 bits per heavy atom. The number of aromatic nitrogens is 1. The molecule has 0 saturated heterocycles. The zero-order valence-corrected chi connectivity index (χ0v) is 15.7. The molecule has 1 amide bonds. The van der Waals surface area contributed by atoms with Crippen molar-refractivity contribution in [1.29, 1.82) is 0 Å². The third-order valence-electron chi connectivity index (χ3n) is 3.74. The number of esters is 1. The highest BCUT2D eigenvalue weighted by Gasteiger charge is 2.07. The second-order valence-electron chi connectivity index (χ2n) is 5.72. The molecule has 5 nitrogen and oxygen atoms in total. The summed E-state index contributed by atoms with van der Waals surface area (Å²) in [4.78, 5) is 27.8. The molecule has 0 aliphatic rings. The zero-order chi connectivity index (χ0) is 19.9. The second-order valence-corrected chi connectivity index (χ2v) is 6.11. The van der Waals surface area contributed by atoms with E-state index in [1.807, 2.05) is 6.07 Å². The molecule has 0 aliphatic carbocycles. The maximum Gasteiger partial charge on any atom is 0.337 e. The van der Waals surface area contributed by atoms with E-state index < -0.39 is 5.97 Å². The molecule has 0 bridgehead atoms. The van der Waals surface area contributed by atoms with Crippen LogP contribution in [0.3, 0.4) is 0 Å². The van der Waals surface area contributed by atoms with Gasteiger partial charge in [-0.1, -0.05) is 35.6 Å². The van der Waals surface area contributed by atoms with Crippen molar-refractivity contribution in [1.82, 2.24) is 4.98 Å². The number of carbonyl (C=O) groups excluding carboxylic acids is 2. The molecular formula is C22H15ClN2O3. The van der Waals surface area contributed by atoms with Crippen LogP contribution in [0.5, 0.6) is 0 Å². The van der Waals surface area contributed by atoms with Gasteiger partial charge in [0.15, 0.2) is 0 Å². The van der Waals surface area contributed by atoms with E-state index in [0.717, 1.165) is 0 Å². The number of halogens is 1. The summed E-state index contributed by atoms with van der Waals surface area (Å²) in [6, 6.07) is 17.1. The Bertz CT molecular complexity index is 1100. The summed E-state index contributed by atoms with van der Waals surface area (Å²) in [5.74, 6) is 5.32. The summed E-state index contributed by atoms with van der Waals surface area (Å²) >= 11 is 5.82. The van der Waals surface area contributed by atoms with Crippen molar-refractivity contribution in [3.63, 3.8) is 0 Å². The lowest BCUT2D eigenvalue weighted by Crippen LogP contribution is -2.12. The highest BCUT2D eigenvalue weighted by Crippen LogP contribution is 2.14. The first-order chi connectivity index (χ1) is 13.5. The molecule has 6 heteroatoms. The van der Waals surface area contributed by atoms with Gasteiger partial charge in [-0.2, -0.15) is 0 Å². The molecule has 1 heterocycles. The molecule has 0 saturated carbocycles. The Morgan fingerprint density at radius 2 is 1.68 bits per heavy atom. The first kappa shape index (κ1) is 19.2. The van der Waals surface area contributed by atoms with Crippen LogP contribution in [0.1, 0.15) is 31.8 Å². The predicted octanol–water partition coefficient (Wildman–Crippen LogP) is 4.17. The fourth-order valence-corrected chi connectivity index (χ4v) is 2.58. The van der Waals surface area contributed by atoms with Crippen LogP contribution in [-0.2, 0) is 4.74 Å². The minimum Gasteiger partial charge on any atom is -0.465 e. The lowest BCUT2D eigenvalue weighted by molar-refractivity contribution is 0.0600. The van der Waals surface area contributed by atoms with Gasteiger partial charge in [0.25, 0.3) is 5.91 Å². The Kier molecular flexibility index (Phi) is 6.05. The number of ether oxygens (including phenoxy) is 1. The number of carbonyl (C=O) groups is 2. The van der Waals surface area contributed by atoms with E-state index in [4.69, 9.17) is 16.3 Å². The summed E-state index contributed by atoms with van der Waals surface area (Å²) in [5, 5.41) is 3.05. The number of nitrogens with zero attached hydrogens (tertiary/aromatic N) is 1. The lowest BCUT2D eigenvalue weighted by Gasteiger charge is -2.05. The number of rotatable bonds is 3. The van der Waals surface area contributed by atoms with Gasteiger partial charge in [-0.15, -0.1) is 0 Å². The Morgan fingerprint density at radius 1 is 0.964 bits per heavy atom. The summed E-state index contributed by atoms with van der Waals surface area (Å²) in [7, 11) is 1.33. The summed E-state index contributed by atoms with van der Waals surface area (Å²) in [6.07, 6.45) is 1.47. The highest BCUT2D eigenvalue weighted by atomic mass is 35.5. The SMILES string of the molecule is COC(=O)c1cccc(C#Cc2cccc(NC(=O)c3ccnc(Cl)c3)c2)c1. The molecule has 0 spiro atoms. The number of benzene rings is 2. The van der Waals surface area contributed by atoms with Crippen LogP contribution >= 0.6 is 11.6 Å². The third kappa shape index (κ3) is 4.97. The molecule has 28 heavy (non-hydrogen) atoms. The zero-order valence-electron chi connectivity index (χ0n) is 14.9. The molecule has 2 aromatic carbocycles. The number of methoxy groups -OCH3 is 1. The summed E-state index contributed by atoms with van der Waals surface area (Å²) < 4.78 is 4.71. The maximum atomic E-state index is 12.3. The van der Waals surface area contributed by atoms with Crippen molar-refractivity contribution in [3.05, 3.63) is 94.3 Å². The van der Waals surface area contributed by atoms with Crippen molar-refractivity contribution in [2.75, 3.05) is 12.4 Å². The van der Waals surface area contributed by atoms with Gasteiger partial charge in [0.2, 0.25) is 0 Å². The van der Waals surface area contributed by atoms with Crippen LogP contribution in [0, 0.1) is 11.8 Å². The Hall–Kier alpha value is -3.62. The van der Waals surface area contributed by atoms with Gasteiger partial charge >= 0.3 is 5.97 Å². The van der Waals surface area contributed by atoms with E-state index in [1.54, 1.807) is 48.5 Å². The Labute approximate surface area is 167 Å². The number of hydrogen-bond donors (Lipinski definition) is 1. The minimum absolute atomic E-state index is 0.251. The van der Waals surface area contributed by atoms with Crippen LogP contribution in [0.15, 0.2) is 66.9 Å². The van der Waals surface area contributed by atoms with Gasteiger partial charge in [-0.3, -0.25) is 4.79 Å². The fourth-order valence-electron chi connectivity index (χ4n) is 2.41. The highest BCUT2D eigenvalue weighted by molar-refractivity contribution is 6.29. The molecule has 0 aliphatic heterocycles. The van der Waals surface area contributed by atoms with Gasteiger partial charge in [0.1, 0.15) is 5.15 Å². The summed E-state index contributed by atoms with van der Waals surface area (Å²) in [6.45, 7) is 0. The molecule has 0 radical (unpaired) electrons. The van der Waals surface area contributed by atoms with Gasteiger partial charge in [-0.25, -0.2) is 9.78 Å². The summed E-state index contributed by atoms with van der Waals surface area (Å²) in [5.41, 5.74) is 2.85. The first-order valence-corrected chi connectivity index (χ1v) is 8.66. The normalized spacial score (nSPS) is 9.79. The average Bonchev–Trinajstić information content (AvgIpc) is 2.72. The average molecular weight is 391 g/mol. The van der Waals surface area contributed by atoms with Crippen LogP contribution in [0.4, 0.5) is 5.69 Å². The largest absolute Gasteiger partial charge is 0.465 e. The quantitative estimate of drug-likeness (QED) is 0.414. The fraction of sp³-hybridized carbons (Fsp3) is 0.0455. The van der Waals surface area contributed by atoms with Crippen molar-refractivity contribution in [2.24, 2.45) is 0 Å². The van der Waals surface area contributed by atoms with E-state index in [2.05, 4.69) is 22.1 Å². The van der Waals surface area contributed by atoms with Crippen molar-refractivity contribution < 1.29 is 14.3 Å². The van der Waals surface area contributed by atoms with E-state index in [1.165, 1.54) is 19.4 Å². The van der Waals surface area contributed by atoms with Gasteiger partial charge < -0.3 is 10.1 Å². The molecular weight excluding hydrogens is 376 g/mol. The molecule has 1 N–H and O–H groups in total. The minimum atomic E-state index is -0.412. The third-order valence-corrected chi connectivity index (χ3v) is 3.95. The van der Waals surface area contributed by atoms with Gasteiger partial charge in [0, 0.05) is 28.6 Å². The van der Waals surface area contributed by atoms with Crippen molar-refractivity contribution >= 4 is 29.2 Å². The van der Waals surface area contributed by atoms with Gasteiger partial charge in [0.05, 0.1) is 12.7 Å². The molecule has 1 aromatic heterocycles. The standard InChI is InChI=1S/C22H15ClN2O3/c1-28-22(27)18-6-2-4-15(12-18)8-9-16-5-3-7-19(13-16)25-21(26)17-10-11-24-20(23)14-17/h2-7,10-14H,1H3,(H,25,26). The molecule has 0 unspecified atom stereocenters. The molecule has 0 fully saturated rings. The predicted molar refractivity (Wildman–Crippen MR) is 107 cm³/mol. The van der Waals surface area contributed by atoms with Crippen LogP contribution in [-0.4, -0.2) is 24.0 Å². The number of anilines is 1. The van der Waals surface area contributed by atoms with Crippen molar-refractivity contribution in [2.45, 2.75) is 0 Å². The van der Waals surface area contributed by atoms with E-state index in [-0.39, 0.29) is 11.1 Å². The number of amides is 1. The topological polar surface area (TPSA) is 68.3 Å². The van der Waals surface area contributed by atoms with E-state index >= 15 is 0 Å². The lowest BCUT2D eigenvalue weighted by atomic mass is 10.1. The van der Waals surface area contributed by atoms with Gasteiger partial charge in [-0.05, 0) is 48.5 Å². The number of nitrogens with one attached hydrogen (secondary N) is 1. The monoisotopic (exact) mass is 390 g/mol. The van der Waals surface area contributed by atoms with Crippen LogP contribution < -0.4 is 5.32 Å². The smallest absolute Gasteiger partial charge is 0.337 e.